The molecule has 0 bridgehead atoms. The number of rotatable bonds is 0. The Morgan fingerprint density at radius 2 is 2.00 bits per heavy atom. The molecule has 0 aromatic rings. The summed E-state index contributed by atoms with van der Waals surface area (Å²) >= 11 is 0. The fraction of sp³-hybridized carbons (Fsp3) is 0.842. The lowest BCUT2D eigenvalue weighted by molar-refractivity contribution is -0.135. The first kappa shape index (κ1) is 9.58. The van der Waals surface area contributed by atoms with E-state index in [0.717, 1.165) is 0 Å². The molecule has 0 spiro atoms. The van der Waals surface area contributed by atoms with Gasteiger partial charge in [0.2, 0.25) is 0 Å². The number of aliphatic hydroxyl groups excluding tert-OH is 1. The Kier molecular flexibility index (Phi) is 2.03. The number of hydrogen-bond donors (Lipinski definition) is 2. The van der Waals surface area contributed by atoms with Gasteiger partial charge in [0.1, 0.15) is 5.78 Å². The molecule has 0 saturated heterocycles. The summed E-state index contributed by atoms with van der Waals surface area (Å²) in [5.74, 6) is -0.683. The van der Waals surface area contributed by atoms with Crippen molar-refractivity contribution in [2.75, 3.05) is 0 Å². The van der Waals surface area contributed by atoms with Crippen molar-refractivity contribution in [3.8, 4) is 0 Å². The van der Waals surface area contributed by atoms with E-state index in [4.69, 9.17) is 8.22 Å². The summed E-state index contributed by atoms with van der Waals surface area (Å²) in [6.45, 7) is 3.63. The molecular formula is C19H28O3. The van der Waals surface area contributed by atoms with E-state index in [9.17, 15) is 15.0 Å². The molecule has 0 radical (unpaired) electrons. The standard InChI is InChI=1S/C19H28O3/c1-18-7-5-12(20)9-11(18)10-15(21)17-13-3-4-16(22)19(13,2)8-6-14(17)18/h10,12-15,17,20-21H,3-9H2,1-2H3/t12-,13-,14-,15+,17-,18-,19-/m0/s1/i5D2,9D2,10D,12D. The molecule has 3 heteroatoms. The quantitative estimate of drug-likeness (QED) is 0.676. The molecule has 3 saturated carbocycles. The van der Waals surface area contributed by atoms with Crippen molar-refractivity contribution in [3.63, 3.8) is 0 Å². The Hall–Kier alpha value is -0.670. The molecule has 0 aromatic heterocycles. The number of carbonyl (C=O) groups excluding carboxylic acids is 1. The third-order valence-electron chi connectivity index (χ3n) is 6.95. The van der Waals surface area contributed by atoms with Crippen LogP contribution >= 0.6 is 0 Å². The lowest BCUT2D eigenvalue weighted by atomic mass is 9.47. The first-order valence-electron chi connectivity index (χ1n) is 11.3. The number of fused-ring (bicyclic) bond motifs is 5. The summed E-state index contributed by atoms with van der Waals surface area (Å²) in [6, 6.07) is -0.349. The first-order chi connectivity index (χ1) is 12.6. The van der Waals surface area contributed by atoms with E-state index < -0.39 is 41.7 Å². The second-order valence-corrected chi connectivity index (χ2v) is 7.92. The van der Waals surface area contributed by atoms with Crippen LogP contribution in [0.25, 0.3) is 0 Å². The lowest BCUT2D eigenvalue weighted by Gasteiger charge is -2.58. The molecule has 0 aliphatic heterocycles. The second kappa shape index (κ2) is 4.67. The minimum absolute atomic E-state index is 0.124. The zero-order chi connectivity index (χ0) is 21.1. The van der Waals surface area contributed by atoms with Crippen LogP contribution in [0.3, 0.4) is 0 Å². The van der Waals surface area contributed by atoms with E-state index in [-0.39, 0.29) is 35.7 Å². The summed E-state index contributed by atoms with van der Waals surface area (Å²) in [6.07, 6.45) is -7.78. The molecule has 7 atom stereocenters. The van der Waals surface area contributed by atoms with Crippen molar-refractivity contribution in [2.24, 2.45) is 28.6 Å². The van der Waals surface area contributed by atoms with Crippen LogP contribution in [0, 0.1) is 28.6 Å². The van der Waals surface area contributed by atoms with Crippen LogP contribution < -0.4 is 0 Å². The van der Waals surface area contributed by atoms with Gasteiger partial charge in [0.25, 0.3) is 0 Å². The van der Waals surface area contributed by atoms with Crippen molar-refractivity contribution >= 4 is 5.78 Å². The summed E-state index contributed by atoms with van der Waals surface area (Å²) in [5, 5.41) is 21.5. The molecular weight excluding hydrogens is 276 g/mol. The topological polar surface area (TPSA) is 57.5 Å². The summed E-state index contributed by atoms with van der Waals surface area (Å²) in [7, 11) is 0. The summed E-state index contributed by atoms with van der Waals surface area (Å²) < 4.78 is 50.0. The highest BCUT2D eigenvalue weighted by Gasteiger charge is 2.60. The molecule has 4 aliphatic rings. The number of Topliss-reactive ketones (excluding diaryl/α,β-unsaturated/α-hetero) is 1. The van der Waals surface area contributed by atoms with Crippen molar-refractivity contribution < 1.29 is 23.2 Å². The first-order valence-corrected chi connectivity index (χ1v) is 8.28. The van der Waals surface area contributed by atoms with Crippen molar-refractivity contribution in [1.82, 2.24) is 0 Å². The molecule has 0 aromatic carbocycles. The summed E-state index contributed by atoms with van der Waals surface area (Å²) in [5.41, 5.74) is -1.80. The number of carbonyl (C=O) groups is 1. The zero-order valence-electron chi connectivity index (χ0n) is 19.1. The Bertz CT molecular complexity index is 778. The maximum absolute atomic E-state index is 12.5. The van der Waals surface area contributed by atoms with Crippen molar-refractivity contribution in [3.05, 3.63) is 11.6 Å². The van der Waals surface area contributed by atoms with E-state index in [1.165, 1.54) is 0 Å². The lowest BCUT2D eigenvalue weighted by Crippen LogP contribution is -2.54. The smallest absolute Gasteiger partial charge is 0.139 e. The minimum atomic E-state index is -3.06. The van der Waals surface area contributed by atoms with Crippen LogP contribution in [-0.4, -0.2) is 28.2 Å². The molecule has 3 nitrogen and oxygen atoms in total. The Balaban J connectivity index is 1.92. The van der Waals surface area contributed by atoms with Crippen LogP contribution in [0.2, 0.25) is 0 Å². The van der Waals surface area contributed by atoms with Gasteiger partial charge in [0, 0.05) is 17.3 Å². The van der Waals surface area contributed by atoms with E-state index in [0.29, 0.717) is 25.7 Å². The van der Waals surface area contributed by atoms with Crippen LogP contribution in [0.4, 0.5) is 0 Å². The van der Waals surface area contributed by atoms with Gasteiger partial charge in [0.15, 0.2) is 0 Å². The Morgan fingerprint density at radius 3 is 2.77 bits per heavy atom. The maximum Gasteiger partial charge on any atom is 0.139 e. The minimum Gasteiger partial charge on any atom is -0.393 e. The molecule has 4 rings (SSSR count). The third kappa shape index (κ3) is 1.78. The fourth-order valence-electron chi connectivity index (χ4n) is 5.57. The van der Waals surface area contributed by atoms with E-state index in [1.54, 1.807) is 6.92 Å². The monoisotopic (exact) mass is 310 g/mol. The van der Waals surface area contributed by atoms with Gasteiger partial charge in [-0.3, -0.25) is 4.79 Å². The normalized spacial score (nSPS) is 66.6. The number of ketones is 1. The molecule has 0 amide bonds. The molecule has 0 heterocycles. The van der Waals surface area contributed by atoms with Crippen LogP contribution in [-0.2, 0) is 4.79 Å². The predicted octanol–water partition coefficient (Wildman–Crippen LogP) is 2.85. The molecule has 22 heavy (non-hydrogen) atoms. The third-order valence-corrected chi connectivity index (χ3v) is 6.95. The van der Waals surface area contributed by atoms with Crippen molar-refractivity contribution in [2.45, 2.75) is 70.9 Å². The molecule has 0 unspecified atom stereocenters. The van der Waals surface area contributed by atoms with Gasteiger partial charge in [-0.1, -0.05) is 25.5 Å². The van der Waals surface area contributed by atoms with Gasteiger partial charge in [-0.05, 0) is 61.6 Å². The molecule has 3 fully saturated rings. The van der Waals surface area contributed by atoms with Crippen molar-refractivity contribution in [1.29, 1.82) is 0 Å². The molecule has 4 aliphatic carbocycles. The zero-order valence-corrected chi connectivity index (χ0v) is 13.1. The second-order valence-electron chi connectivity index (χ2n) is 7.92. The fourth-order valence-corrected chi connectivity index (χ4v) is 5.57. The van der Waals surface area contributed by atoms with Crippen LogP contribution in [0.5, 0.6) is 0 Å². The van der Waals surface area contributed by atoms with E-state index in [2.05, 4.69) is 0 Å². The average molecular weight is 310 g/mol. The van der Waals surface area contributed by atoms with Gasteiger partial charge in [-0.25, -0.2) is 0 Å². The average Bonchev–Trinajstić information content (AvgIpc) is 2.85. The van der Waals surface area contributed by atoms with Gasteiger partial charge in [0.05, 0.1) is 14.9 Å². The molecule has 122 valence electrons. The van der Waals surface area contributed by atoms with E-state index >= 15 is 0 Å². The van der Waals surface area contributed by atoms with Gasteiger partial charge < -0.3 is 10.2 Å². The van der Waals surface area contributed by atoms with Gasteiger partial charge >= 0.3 is 0 Å². The summed E-state index contributed by atoms with van der Waals surface area (Å²) in [4.78, 5) is 12.5. The van der Waals surface area contributed by atoms with Crippen LogP contribution in [0.15, 0.2) is 11.6 Å². The molecule has 2 N–H and O–H groups in total. The highest BCUT2D eigenvalue weighted by molar-refractivity contribution is 5.87. The van der Waals surface area contributed by atoms with Crippen LogP contribution in [0.1, 0.15) is 66.9 Å². The Labute approximate surface area is 141 Å². The van der Waals surface area contributed by atoms with Gasteiger partial charge in [-0.15, -0.1) is 0 Å². The number of hydrogen-bond acceptors (Lipinski definition) is 3. The number of aliphatic hydroxyl groups is 2. The SMILES string of the molecule is [2H]C1=C2C([2H])([2H])[C@@]([2H])(O)C([2H])([2H])C[C@]2(C)[C@H]2CC[C@]3(C)C(=O)CC[C@H]3[C@@H]2[C@@H]1O. The van der Waals surface area contributed by atoms with E-state index in [1.807, 2.05) is 6.92 Å². The predicted molar refractivity (Wildman–Crippen MR) is 84.1 cm³/mol. The maximum atomic E-state index is 12.5. The highest BCUT2D eigenvalue weighted by Crippen LogP contribution is 2.63. The Morgan fingerprint density at radius 1 is 1.27 bits per heavy atom. The van der Waals surface area contributed by atoms with Gasteiger partial charge in [-0.2, -0.15) is 0 Å². The highest BCUT2D eigenvalue weighted by atomic mass is 16.3. The largest absolute Gasteiger partial charge is 0.393 e.